The van der Waals surface area contributed by atoms with Gasteiger partial charge in [-0.25, -0.2) is 4.98 Å². The molecule has 2 aromatic rings. The quantitative estimate of drug-likeness (QED) is 0.839. The van der Waals surface area contributed by atoms with Crippen molar-refractivity contribution in [1.29, 1.82) is 0 Å². The van der Waals surface area contributed by atoms with E-state index in [-0.39, 0.29) is 6.01 Å². The minimum atomic E-state index is 0.271. The van der Waals surface area contributed by atoms with Crippen LogP contribution in [0.15, 0.2) is 24.4 Å². The fourth-order valence-electron chi connectivity index (χ4n) is 2.75. The van der Waals surface area contributed by atoms with E-state index in [9.17, 15) is 0 Å². The number of hydrogen-bond donors (Lipinski definition) is 1. The highest BCUT2D eigenvalue weighted by Gasteiger charge is 2.18. The number of likely N-dealkylation sites (N-methyl/N-ethyl adjacent to an activating group) is 1. The minimum Gasteiger partial charge on any atom is -0.481 e. The molecular formula is C17H24N6O2. The molecule has 134 valence electrons. The first-order valence-corrected chi connectivity index (χ1v) is 8.28. The van der Waals surface area contributed by atoms with E-state index < -0.39 is 0 Å². The molecule has 8 heteroatoms. The van der Waals surface area contributed by atoms with Gasteiger partial charge in [0.2, 0.25) is 5.88 Å². The van der Waals surface area contributed by atoms with Crippen LogP contribution in [-0.2, 0) is 6.54 Å². The van der Waals surface area contributed by atoms with Crippen LogP contribution in [0.5, 0.6) is 11.9 Å². The lowest BCUT2D eigenvalue weighted by molar-refractivity contribution is 0.312. The normalized spacial score (nSPS) is 15.1. The van der Waals surface area contributed by atoms with Crippen LogP contribution in [0, 0.1) is 0 Å². The number of anilines is 2. The molecule has 3 heterocycles. The summed E-state index contributed by atoms with van der Waals surface area (Å²) >= 11 is 0. The third-order valence-electron chi connectivity index (χ3n) is 4.20. The maximum absolute atomic E-state index is 5.18. The van der Waals surface area contributed by atoms with Gasteiger partial charge in [0.1, 0.15) is 11.6 Å². The summed E-state index contributed by atoms with van der Waals surface area (Å²) in [6, 6.07) is 6.06. The Balaban J connectivity index is 1.73. The summed E-state index contributed by atoms with van der Waals surface area (Å²) in [7, 11) is 5.25. The zero-order valence-corrected chi connectivity index (χ0v) is 14.9. The number of ether oxygens (including phenoxy) is 2. The largest absolute Gasteiger partial charge is 0.481 e. The van der Waals surface area contributed by atoms with Gasteiger partial charge in [-0.05, 0) is 13.1 Å². The SMILES string of the molecule is COc1cc(NCc2cccnc2N2CCN(C)CC2)nc(OC)n1. The second kappa shape index (κ2) is 7.98. The van der Waals surface area contributed by atoms with Crippen molar-refractivity contribution in [3.8, 4) is 11.9 Å². The van der Waals surface area contributed by atoms with Crippen molar-refractivity contribution >= 4 is 11.6 Å². The van der Waals surface area contributed by atoms with Gasteiger partial charge in [0.15, 0.2) is 0 Å². The van der Waals surface area contributed by atoms with Crippen LogP contribution < -0.4 is 19.7 Å². The van der Waals surface area contributed by atoms with Crippen molar-refractivity contribution in [2.24, 2.45) is 0 Å². The Morgan fingerprint density at radius 2 is 1.92 bits per heavy atom. The van der Waals surface area contributed by atoms with Crippen LogP contribution in [0.25, 0.3) is 0 Å². The van der Waals surface area contributed by atoms with Crippen molar-refractivity contribution in [1.82, 2.24) is 19.9 Å². The standard InChI is InChI=1S/C17H24N6O2/c1-22-7-9-23(10-8-22)16-13(5-4-6-18-16)12-19-14-11-15(24-2)21-17(20-14)25-3/h4-6,11H,7-10,12H2,1-3H3,(H,19,20,21). The van der Waals surface area contributed by atoms with Crippen molar-refractivity contribution in [2.75, 3.05) is 57.7 Å². The van der Waals surface area contributed by atoms with E-state index in [1.807, 2.05) is 12.3 Å². The molecule has 3 rings (SSSR count). The van der Waals surface area contributed by atoms with Gasteiger partial charge in [0.25, 0.3) is 0 Å². The molecule has 1 fully saturated rings. The summed E-state index contributed by atoms with van der Waals surface area (Å²) in [6.45, 7) is 4.66. The molecule has 1 aliphatic heterocycles. The smallest absolute Gasteiger partial charge is 0.321 e. The summed E-state index contributed by atoms with van der Waals surface area (Å²) < 4.78 is 10.3. The van der Waals surface area contributed by atoms with Gasteiger partial charge in [-0.15, -0.1) is 0 Å². The van der Waals surface area contributed by atoms with E-state index in [1.54, 1.807) is 13.2 Å². The molecule has 0 spiro atoms. The zero-order valence-electron chi connectivity index (χ0n) is 14.9. The summed E-state index contributed by atoms with van der Waals surface area (Å²) in [5.41, 5.74) is 1.13. The molecule has 0 amide bonds. The molecular weight excluding hydrogens is 320 g/mol. The Morgan fingerprint density at radius 1 is 1.12 bits per heavy atom. The number of nitrogens with one attached hydrogen (secondary N) is 1. The number of aromatic nitrogens is 3. The van der Waals surface area contributed by atoms with Gasteiger partial charge in [0, 0.05) is 50.6 Å². The molecule has 0 unspecified atom stereocenters. The number of rotatable bonds is 6. The Bertz CT molecular complexity index is 681. The van der Waals surface area contributed by atoms with E-state index >= 15 is 0 Å². The van der Waals surface area contributed by atoms with Crippen LogP contribution in [-0.4, -0.2) is 67.3 Å². The Labute approximate surface area is 147 Å². The highest BCUT2D eigenvalue weighted by atomic mass is 16.5. The zero-order chi connectivity index (χ0) is 17.6. The van der Waals surface area contributed by atoms with Crippen LogP contribution in [0.1, 0.15) is 5.56 Å². The number of methoxy groups -OCH3 is 2. The highest BCUT2D eigenvalue weighted by Crippen LogP contribution is 2.21. The van der Waals surface area contributed by atoms with Gasteiger partial charge >= 0.3 is 6.01 Å². The van der Waals surface area contributed by atoms with Crippen LogP contribution in [0.4, 0.5) is 11.6 Å². The molecule has 0 atom stereocenters. The van der Waals surface area contributed by atoms with Crippen molar-refractivity contribution in [2.45, 2.75) is 6.54 Å². The molecule has 8 nitrogen and oxygen atoms in total. The first-order chi connectivity index (χ1) is 12.2. The predicted octanol–water partition coefficient (Wildman–Crippen LogP) is 1.25. The molecule has 0 saturated carbocycles. The highest BCUT2D eigenvalue weighted by molar-refractivity contribution is 5.50. The predicted molar refractivity (Wildman–Crippen MR) is 96.4 cm³/mol. The average Bonchev–Trinajstić information content (AvgIpc) is 2.67. The minimum absolute atomic E-state index is 0.271. The number of piperazine rings is 1. The molecule has 2 aromatic heterocycles. The summed E-state index contributed by atoms with van der Waals surface area (Å²) in [4.78, 5) is 17.7. The topological polar surface area (TPSA) is 75.6 Å². The molecule has 0 radical (unpaired) electrons. The lowest BCUT2D eigenvalue weighted by atomic mass is 10.2. The summed E-state index contributed by atoms with van der Waals surface area (Å²) in [5.74, 6) is 2.13. The van der Waals surface area contributed by atoms with Crippen molar-refractivity contribution in [3.05, 3.63) is 30.0 Å². The van der Waals surface area contributed by atoms with E-state index in [0.717, 1.165) is 37.6 Å². The van der Waals surface area contributed by atoms with Crippen LogP contribution in [0.3, 0.4) is 0 Å². The fraction of sp³-hybridized carbons (Fsp3) is 0.471. The third-order valence-corrected chi connectivity index (χ3v) is 4.20. The molecule has 1 aliphatic rings. The molecule has 25 heavy (non-hydrogen) atoms. The monoisotopic (exact) mass is 344 g/mol. The molecule has 0 bridgehead atoms. The van der Waals surface area contributed by atoms with E-state index in [0.29, 0.717) is 18.2 Å². The second-order valence-electron chi connectivity index (χ2n) is 5.91. The van der Waals surface area contributed by atoms with E-state index in [1.165, 1.54) is 7.11 Å². The average molecular weight is 344 g/mol. The Hall–Kier alpha value is -2.61. The molecule has 1 N–H and O–H groups in total. The van der Waals surface area contributed by atoms with E-state index in [2.05, 4.69) is 43.2 Å². The van der Waals surface area contributed by atoms with Gasteiger partial charge < -0.3 is 24.6 Å². The molecule has 1 saturated heterocycles. The van der Waals surface area contributed by atoms with Crippen molar-refractivity contribution in [3.63, 3.8) is 0 Å². The van der Waals surface area contributed by atoms with Gasteiger partial charge in [-0.1, -0.05) is 6.07 Å². The third kappa shape index (κ3) is 4.27. The van der Waals surface area contributed by atoms with Crippen molar-refractivity contribution < 1.29 is 9.47 Å². The Kier molecular flexibility index (Phi) is 5.49. The maximum Gasteiger partial charge on any atom is 0.321 e. The van der Waals surface area contributed by atoms with Gasteiger partial charge in [0.05, 0.1) is 14.2 Å². The number of nitrogens with zero attached hydrogens (tertiary/aromatic N) is 5. The first-order valence-electron chi connectivity index (χ1n) is 8.28. The molecule has 0 aliphatic carbocycles. The van der Waals surface area contributed by atoms with Gasteiger partial charge in [-0.3, -0.25) is 0 Å². The van der Waals surface area contributed by atoms with Gasteiger partial charge in [-0.2, -0.15) is 9.97 Å². The second-order valence-corrected chi connectivity index (χ2v) is 5.91. The first kappa shape index (κ1) is 17.2. The van der Waals surface area contributed by atoms with Crippen LogP contribution >= 0.6 is 0 Å². The molecule has 0 aromatic carbocycles. The Morgan fingerprint density at radius 3 is 2.64 bits per heavy atom. The lowest BCUT2D eigenvalue weighted by Crippen LogP contribution is -2.45. The summed E-state index contributed by atoms with van der Waals surface area (Å²) in [6.07, 6.45) is 1.84. The van der Waals surface area contributed by atoms with E-state index in [4.69, 9.17) is 9.47 Å². The number of hydrogen-bond acceptors (Lipinski definition) is 8. The fourth-order valence-corrected chi connectivity index (χ4v) is 2.75. The maximum atomic E-state index is 5.18. The van der Waals surface area contributed by atoms with Crippen LogP contribution in [0.2, 0.25) is 0 Å². The number of pyridine rings is 1. The lowest BCUT2D eigenvalue weighted by Gasteiger charge is -2.34. The summed E-state index contributed by atoms with van der Waals surface area (Å²) in [5, 5.41) is 3.31.